The molecule has 1 aromatic carbocycles. The van der Waals surface area contributed by atoms with Gasteiger partial charge in [-0.15, -0.1) is 0 Å². The number of rotatable bonds is 1. The fourth-order valence-electron chi connectivity index (χ4n) is 3.86. The topological polar surface area (TPSA) is 53.8 Å². The van der Waals surface area contributed by atoms with Gasteiger partial charge in [0.1, 0.15) is 6.26 Å². The molecule has 2 aromatic rings. The Morgan fingerprint density at radius 2 is 1.91 bits per heavy atom. The number of benzene rings is 1. The van der Waals surface area contributed by atoms with Gasteiger partial charge in [0.05, 0.1) is 17.2 Å². The maximum atomic E-state index is 12.9. The zero-order valence-corrected chi connectivity index (χ0v) is 13.0. The van der Waals surface area contributed by atoms with E-state index in [0.717, 1.165) is 11.3 Å². The van der Waals surface area contributed by atoms with Gasteiger partial charge in [-0.1, -0.05) is 18.2 Å². The van der Waals surface area contributed by atoms with Crippen molar-refractivity contribution in [3.8, 4) is 0 Å². The van der Waals surface area contributed by atoms with Crippen LogP contribution in [0.3, 0.4) is 0 Å². The summed E-state index contributed by atoms with van der Waals surface area (Å²) in [5.74, 6) is 0.120. The molecule has 3 heterocycles. The van der Waals surface area contributed by atoms with Gasteiger partial charge in [-0.25, -0.2) is 0 Å². The summed E-state index contributed by atoms with van der Waals surface area (Å²) >= 11 is 0. The molecule has 0 unspecified atom stereocenters. The van der Waals surface area contributed by atoms with Crippen molar-refractivity contribution >= 4 is 17.5 Å². The number of carbonyl (C=O) groups is 2. The highest BCUT2D eigenvalue weighted by molar-refractivity contribution is 6.08. The second-order valence-electron chi connectivity index (χ2n) is 6.27. The average molecular weight is 310 g/mol. The first-order valence-electron chi connectivity index (χ1n) is 7.83. The van der Waals surface area contributed by atoms with E-state index in [1.807, 2.05) is 36.2 Å². The molecule has 0 aliphatic carbocycles. The second-order valence-corrected chi connectivity index (χ2v) is 6.27. The molecule has 0 N–H and O–H groups in total. The van der Waals surface area contributed by atoms with E-state index in [9.17, 15) is 9.59 Å². The van der Waals surface area contributed by atoms with Crippen molar-refractivity contribution in [3.63, 3.8) is 0 Å². The molecular formula is C18H18N2O3. The fourth-order valence-corrected chi connectivity index (χ4v) is 3.86. The second kappa shape index (κ2) is 4.98. The number of nitrogens with zero attached hydrogens (tertiary/aromatic N) is 2. The molecule has 23 heavy (non-hydrogen) atoms. The van der Waals surface area contributed by atoms with E-state index in [1.165, 1.54) is 12.5 Å². The van der Waals surface area contributed by atoms with Gasteiger partial charge in [-0.2, -0.15) is 0 Å². The van der Waals surface area contributed by atoms with Gasteiger partial charge in [0.25, 0.3) is 5.91 Å². The molecule has 5 nitrogen and oxygen atoms in total. The van der Waals surface area contributed by atoms with E-state index >= 15 is 0 Å². The number of anilines is 1. The zero-order chi connectivity index (χ0) is 16.0. The summed E-state index contributed by atoms with van der Waals surface area (Å²) in [6.45, 7) is 1.16. The Balaban J connectivity index is 1.60. The van der Waals surface area contributed by atoms with Crippen molar-refractivity contribution in [3.05, 3.63) is 54.0 Å². The molecule has 1 spiro atoms. The molecule has 1 aromatic heterocycles. The fraction of sp³-hybridized carbons (Fsp3) is 0.333. The van der Waals surface area contributed by atoms with Gasteiger partial charge in [0, 0.05) is 25.8 Å². The van der Waals surface area contributed by atoms with Crippen molar-refractivity contribution in [2.75, 3.05) is 25.0 Å². The molecule has 0 bridgehead atoms. The lowest BCUT2D eigenvalue weighted by Crippen LogP contribution is -2.49. The first-order chi connectivity index (χ1) is 11.1. The van der Waals surface area contributed by atoms with Gasteiger partial charge in [-0.3, -0.25) is 9.59 Å². The highest BCUT2D eigenvalue weighted by atomic mass is 16.3. The Morgan fingerprint density at radius 3 is 2.61 bits per heavy atom. The number of likely N-dealkylation sites (tertiary alicyclic amines) is 1. The number of fused-ring (bicyclic) bond motifs is 2. The van der Waals surface area contributed by atoms with E-state index < -0.39 is 5.41 Å². The highest BCUT2D eigenvalue weighted by Gasteiger charge is 2.51. The Bertz CT molecular complexity index is 758. The number of hydrogen-bond acceptors (Lipinski definition) is 3. The molecule has 2 aliphatic heterocycles. The Kier molecular flexibility index (Phi) is 3.04. The number of para-hydroxylation sites is 1. The smallest absolute Gasteiger partial charge is 0.257 e. The van der Waals surface area contributed by atoms with E-state index in [1.54, 1.807) is 11.0 Å². The minimum atomic E-state index is -0.474. The average Bonchev–Trinajstić information content (AvgIpc) is 3.20. The Morgan fingerprint density at radius 1 is 1.17 bits per heavy atom. The van der Waals surface area contributed by atoms with E-state index in [4.69, 9.17) is 4.42 Å². The van der Waals surface area contributed by atoms with Crippen LogP contribution in [0, 0.1) is 0 Å². The summed E-state index contributed by atoms with van der Waals surface area (Å²) in [7, 11) is 1.83. The maximum absolute atomic E-state index is 12.9. The van der Waals surface area contributed by atoms with Crippen molar-refractivity contribution in [2.24, 2.45) is 0 Å². The molecule has 4 rings (SSSR count). The largest absolute Gasteiger partial charge is 0.472 e. The zero-order valence-electron chi connectivity index (χ0n) is 13.0. The summed E-state index contributed by atoms with van der Waals surface area (Å²) in [5, 5.41) is 0. The first-order valence-corrected chi connectivity index (χ1v) is 7.83. The maximum Gasteiger partial charge on any atom is 0.257 e. The quantitative estimate of drug-likeness (QED) is 0.813. The number of likely N-dealkylation sites (N-methyl/N-ethyl adjacent to an activating group) is 1. The van der Waals surface area contributed by atoms with Crippen molar-refractivity contribution in [1.82, 2.24) is 4.90 Å². The predicted octanol–water partition coefficient (Wildman–Crippen LogP) is 2.43. The van der Waals surface area contributed by atoms with Gasteiger partial charge < -0.3 is 14.2 Å². The van der Waals surface area contributed by atoms with Crippen LogP contribution in [0.15, 0.2) is 47.3 Å². The van der Waals surface area contributed by atoms with Crippen LogP contribution in [0.4, 0.5) is 5.69 Å². The molecule has 1 saturated heterocycles. The normalized spacial score (nSPS) is 19.3. The Labute approximate surface area is 134 Å². The van der Waals surface area contributed by atoms with E-state index in [0.29, 0.717) is 31.5 Å². The van der Waals surface area contributed by atoms with Gasteiger partial charge >= 0.3 is 0 Å². The predicted molar refractivity (Wildman–Crippen MR) is 85.4 cm³/mol. The van der Waals surface area contributed by atoms with Gasteiger partial charge in [0.2, 0.25) is 5.91 Å². The lowest BCUT2D eigenvalue weighted by Gasteiger charge is -2.38. The summed E-state index contributed by atoms with van der Waals surface area (Å²) in [6.07, 6.45) is 4.30. The monoisotopic (exact) mass is 310 g/mol. The first kappa shape index (κ1) is 14.1. The third kappa shape index (κ3) is 1.92. The van der Waals surface area contributed by atoms with Crippen LogP contribution in [0.1, 0.15) is 28.8 Å². The van der Waals surface area contributed by atoms with Gasteiger partial charge in [-0.05, 0) is 30.5 Å². The van der Waals surface area contributed by atoms with Crippen LogP contribution in [0.25, 0.3) is 0 Å². The molecule has 5 heteroatoms. The lowest BCUT2D eigenvalue weighted by atomic mass is 9.73. The third-order valence-corrected chi connectivity index (χ3v) is 5.17. The number of hydrogen-bond donors (Lipinski definition) is 0. The summed E-state index contributed by atoms with van der Waals surface area (Å²) in [5.41, 5.74) is 2.18. The SMILES string of the molecule is CN1C(=O)C2(CCN(C(=O)c3ccoc3)CC2)c2ccccc21. The molecule has 1 fully saturated rings. The minimum absolute atomic E-state index is 0.0271. The number of carbonyl (C=O) groups excluding carboxylic acids is 2. The third-order valence-electron chi connectivity index (χ3n) is 5.17. The van der Waals surface area contributed by atoms with Crippen LogP contribution in [0.2, 0.25) is 0 Å². The lowest BCUT2D eigenvalue weighted by molar-refractivity contribution is -0.124. The van der Waals surface area contributed by atoms with Crippen LogP contribution in [0.5, 0.6) is 0 Å². The molecule has 2 aliphatic rings. The standard InChI is InChI=1S/C18H18N2O3/c1-19-15-5-3-2-4-14(15)18(17(19)22)7-9-20(10-8-18)16(21)13-6-11-23-12-13/h2-6,11-12H,7-10H2,1H3. The number of piperidine rings is 1. The van der Waals surface area contributed by atoms with Crippen LogP contribution >= 0.6 is 0 Å². The van der Waals surface area contributed by atoms with E-state index in [2.05, 4.69) is 0 Å². The molecular weight excluding hydrogens is 292 g/mol. The summed E-state index contributed by atoms with van der Waals surface area (Å²) in [6, 6.07) is 9.65. The van der Waals surface area contributed by atoms with Crippen molar-refractivity contribution < 1.29 is 14.0 Å². The molecule has 0 radical (unpaired) electrons. The van der Waals surface area contributed by atoms with Gasteiger partial charge in [0.15, 0.2) is 0 Å². The number of amides is 2. The molecule has 0 saturated carbocycles. The van der Waals surface area contributed by atoms with Crippen LogP contribution in [-0.4, -0.2) is 36.9 Å². The van der Waals surface area contributed by atoms with Crippen molar-refractivity contribution in [1.29, 1.82) is 0 Å². The highest BCUT2D eigenvalue weighted by Crippen LogP contribution is 2.47. The molecule has 118 valence electrons. The number of furan rings is 1. The summed E-state index contributed by atoms with van der Waals surface area (Å²) < 4.78 is 4.99. The summed E-state index contributed by atoms with van der Waals surface area (Å²) in [4.78, 5) is 28.8. The molecule has 0 atom stereocenters. The van der Waals surface area contributed by atoms with E-state index in [-0.39, 0.29) is 11.8 Å². The van der Waals surface area contributed by atoms with Crippen LogP contribution in [-0.2, 0) is 10.2 Å². The Hall–Kier alpha value is -2.56. The van der Waals surface area contributed by atoms with Crippen LogP contribution < -0.4 is 4.90 Å². The van der Waals surface area contributed by atoms with Crippen molar-refractivity contribution in [2.45, 2.75) is 18.3 Å². The molecule has 2 amide bonds. The minimum Gasteiger partial charge on any atom is -0.472 e.